The number of aliphatic hydroxyl groups is 1. The Hall–Kier alpha value is -0.615. The number of allylic oxidation sites excluding steroid dienone is 2. The molecule has 0 bridgehead atoms. The quantitative estimate of drug-likeness (QED) is 0.584. The maximum Gasteiger partial charge on any atom is 0.330 e. The van der Waals surface area contributed by atoms with E-state index in [0.717, 1.165) is 6.61 Å². The van der Waals surface area contributed by atoms with Gasteiger partial charge in [-0.2, -0.15) is 0 Å². The third kappa shape index (κ3) is 8.42. The van der Waals surface area contributed by atoms with Crippen LogP contribution in [0.4, 0.5) is 0 Å². The number of ether oxygens (including phenoxy) is 1. The number of hydrogen-bond acceptors (Lipinski definition) is 4. The normalized spacial score (nSPS) is 19.2. The second-order valence-electron chi connectivity index (χ2n) is 6.23. The van der Waals surface area contributed by atoms with Crippen LogP contribution in [0.1, 0.15) is 47.0 Å². The molecular weight excluding hydrogens is 265 g/mol. The van der Waals surface area contributed by atoms with Crippen LogP contribution >= 0.6 is 0 Å². The molecule has 1 fully saturated rings. The summed E-state index contributed by atoms with van der Waals surface area (Å²) in [6.45, 7) is 15.2. The summed E-state index contributed by atoms with van der Waals surface area (Å²) in [7, 11) is 3.45. The molecule has 0 aliphatic carbocycles. The molecule has 5 heteroatoms. The van der Waals surface area contributed by atoms with Crippen molar-refractivity contribution >= 4 is 7.48 Å². The Morgan fingerprint density at radius 2 is 2.00 bits per heavy atom. The van der Waals surface area contributed by atoms with Crippen molar-refractivity contribution in [2.75, 3.05) is 13.7 Å². The van der Waals surface area contributed by atoms with Crippen LogP contribution in [0, 0.1) is 0 Å². The van der Waals surface area contributed by atoms with Gasteiger partial charge in [0.25, 0.3) is 0 Å². The zero-order chi connectivity index (χ0) is 16.5. The molecule has 4 nitrogen and oxygen atoms in total. The molecule has 1 aliphatic rings. The lowest BCUT2D eigenvalue weighted by molar-refractivity contribution is -0.0896. The molecule has 0 saturated carbocycles. The molecule has 0 amide bonds. The van der Waals surface area contributed by atoms with E-state index in [-0.39, 0.29) is 0 Å². The molecule has 0 aromatic carbocycles. The highest BCUT2D eigenvalue weighted by Gasteiger charge is 2.35. The van der Waals surface area contributed by atoms with Crippen molar-refractivity contribution in [3.63, 3.8) is 0 Å². The van der Waals surface area contributed by atoms with E-state index >= 15 is 0 Å². The van der Waals surface area contributed by atoms with E-state index in [0.29, 0.717) is 11.7 Å². The summed E-state index contributed by atoms with van der Waals surface area (Å²) >= 11 is 0. The lowest BCUT2D eigenvalue weighted by Crippen LogP contribution is -2.48. The third-order valence-electron chi connectivity index (χ3n) is 3.74. The zero-order valence-electron chi connectivity index (χ0n) is 14.2. The fourth-order valence-electron chi connectivity index (χ4n) is 1.38. The largest absolute Gasteiger partial charge is 0.427 e. The van der Waals surface area contributed by atoms with Crippen LogP contribution in [0.5, 0.6) is 0 Å². The van der Waals surface area contributed by atoms with Gasteiger partial charge in [0, 0.05) is 6.61 Å². The first kappa shape index (κ1) is 20.4. The Labute approximate surface area is 130 Å². The predicted molar refractivity (Wildman–Crippen MR) is 89.2 cm³/mol. The van der Waals surface area contributed by atoms with Gasteiger partial charge >= 0.3 is 7.48 Å². The lowest BCUT2D eigenvalue weighted by Gasteiger charge is -2.37. The van der Waals surface area contributed by atoms with E-state index in [1.54, 1.807) is 19.9 Å². The van der Waals surface area contributed by atoms with Gasteiger partial charge in [-0.1, -0.05) is 18.1 Å². The van der Waals surface area contributed by atoms with Gasteiger partial charge in [0.05, 0.1) is 11.2 Å². The molecule has 0 aromatic heterocycles. The average molecular weight is 296 g/mol. The Bertz CT molecular complexity index is 318. The van der Waals surface area contributed by atoms with E-state index < -0.39 is 11.2 Å². The molecule has 1 unspecified atom stereocenters. The minimum Gasteiger partial charge on any atom is -0.427 e. The zero-order valence-corrected chi connectivity index (χ0v) is 14.2. The fraction of sp³-hybridized carbons (Fsp3) is 0.750. The van der Waals surface area contributed by atoms with Crippen LogP contribution in [-0.2, 0) is 9.39 Å². The molecule has 1 rings (SSSR count). The van der Waals surface area contributed by atoms with E-state index in [1.165, 1.54) is 26.7 Å². The van der Waals surface area contributed by atoms with Crippen LogP contribution < -0.4 is 5.32 Å². The Morgan fingerprint density at radius 3 is 2.33 bits per heavy atom. The van der Waals surface area contributed by atoms with Crippen molar-refractivity contribution < 1.29 is 14.5 Å². The molecule has 1 saturated heterocycles. The average Bonchev–Trinajstić information content (AvgIpc) is 2.45. The summed E-state index contributed by atoms with van der Waals surface area (Å²) in [5, 5.41) is 12.8. The number of hydrogen-bond donors (Lipinski definition) is 2. The molecule has 1 heterocycles. The van der Waals surface area contributed by atoms with Crippen molar-refractivity contribution in [3.05, 3.63) is 24.7 Å². The molecule has 1 atom stereocenters. The Morgan fingerprint density at radius 1 is 1.38 bits per heavy atom. The van der Waals surface area contributed by atoms with Gasteiger partial charge < -0.3 is 14.5 Å². The van der Waals surface area contributed by atoms with Crippen molar-refractivity contribution in [3.8, 4) is 0 Å². The molecule has 0 aromatic rings. The molecule has 0 spiro atoms. The summed E-state index contributed by atoms with van der Waals surface area (Å²) < 4.78 is 10.7. The minimum absolute atomic E-state index is 0.337. The summed E-state index contributed by atoms with van der Waals surface area (Å²) in [4.78, 5) is 0. The summed E-state index contributed by atoms with van der Waals surface area (Å²) in [6.07, 6.45) is 5.66. The molecule has 21 heavy (non-hydrogen) atoms. The molecule has 1 aliphatic heterocycles. The second-order valence-corrected chi connectivity index (χ2v) is 6.23. The van der Waals surface area contributed by atoms with Crippen LogP contribution in [0.15, 0.2) is 24.7 Å². The SMILES string of the molecule is C=CC(=C)[B]OC(C)(C)C(C)(C)O.CNC1CCCCO1. The predicted octanol–water partition coefficient (Wildman–Crippen LogP) is 2.60. The minimum atomic E-state index is -0.898. The maximum atomic E-state index is 9.73. The fourth-order valence-corrected chi connectivity index (χ4v) is 1.38. The van der Waals surface area contributed by atoms with Gasteiger partial charge in [0.15, 0.2) is 0 Å². The van der Waals surface area contributed by atoms with E-state index in [9.17, 15) is 5.11 Å². The molecule has 2 N–H and O–H groups in total. The number of nitrogens with one attached hydrogen (secondary N) is 1. The van der Waals surface area contributed by atoms with Crippen molar-refractivity contribution in [2.24, 2.45) is 0 Å². The van der Waals surface area contributed by atoms with Crippen LogP contribution in [0.2, 0.25) is 0 Å². The lowest BCUT2D eigenvalue weighted by atomic mass is 9.83. The highest BCUT2D eigenvalue weighted by molar-refractivity contribution is 6.39. The summed E-state index contributed by atoms with van der Waals surface area (Å²) in [5.74, 6) is 0. The van der Waals surface area contributed by atoms with E-state index in [1.807, 2.05) is 20.9 Å². The first-order valence-electron chi connectivity index (χ1n) is 7.47. The topological polar surface area (TPSA) is 50.7 Å². The maximum absolute atomic E-state index is 9.73. The second kappa shape index (κ2) is 9.41. The monoisotopic (exact) mass is 296 g/mol. The van der Waals surface area contributed by atoms with Crippen molar-refractivity contribution in [1.82, 2.24) is 5.32 Å². The summed E-state index contributed by atoms with van der Waals surface area (Å²) in [5.41, 5.74) is -0.846. The van der Waals surface area contributed by atoms with Gasteiger partial charge in [0.2, 0.25) is 0 Å². The van der Waals surface area contributed by atoms with Crippen molar-refractivity contribution in [2.45, 2.75) is 64.4 Å². The van der Waals surface area contributed by atoms with Gasteiger partial charge in [-0.3, -0.25) is 5.32 Å². The van der Waals surface area contributed by atoms with Crippen LogP contribution in [-0.4, -0.2) is 43.7 Å². The first-order valence-corrected chi connectivity index (χ1v) is 7.47. The highest BCUT2D eigenvalue weighted by atomic mass is 16.5. The first-order chi connectivity index (χ1) is 9.64. The van der Waals surface area contributed by atoms with Crippen molar-refractivity contribution in [1.29, 1.82) is 0 Å². The van der Waals surface area contributed by atoms with Gasteiger partial charge in [-0.25, -0.2) is 0 Å². The third-order valence-corrected chi connectivity index (χ3v) is 3.74. The molecule has 1 radical (unpaired) electrons. The standard InChI is InChI=1S/C10H18BO2.C6H13NO/c1-7-8(2)11-13-10(5,6)9(3,4)12;1-7-6-4-2-3-5-8-6/h7,12H,1-2H2,3-6H3;6-7H,2-5H2,1H3. The van der Waals surface area contributed by atoms with Crippen LogP contribution in [0.3, 0.4) is 0 Å². The Balaban J connectivity index is 0.000000423. The van der Waals surface area contributed by atoms with Crippen LogP contribution in [0.25, 0.3) is 0 Å². The van der Waals surface area contributed by atoms with E-state index in [2.05, 4.69) is 18.5 Å². The van der Waals surface area contributed by atoms with E-state index in [4.69, 9.17) is 9.39 Å². The number of rotatable bonds is 6. The smallest absolute Gasteiger partial charge is 0.330 e. The summed E-state index contributed by atoms with van der Waals surface area (Å²) in [6, 6.07) is 0. The van der Waals surface area contributed by atoms with Gasteiger partial charge in [-0.05, 0) is 54.0 Å². The Kier molecular flexibility index (Phi) is 9.14. The van der Waals surface area contributed by atoms with Gasteiger partial charge in [0.1, 0.15) is 6.23 Å². The molecule has 121 valence electrons. The highest BCUT2D eigenvalue weighted by Crippen LogP contribution is 2.24. The molecular formula is C16H31BNO3. The van der Waals surface area contributed by atoms with Gasteiger partial charge in [-0.15, -0.1) is 6.58 Å².